The van der Waals surface area contributed by atoms with Crippen molar-refractivity contribution in [3.63, 3.8) is 0 Å². The third kappa shape index (κ3) is 3.74. The van der Waals surface area contributed by atoms with Crippen molar-refractivity contribution in [1.82, 2.24) is 29.9 Å². The van der Waals surface area contributed by atoms with Crippen molar-refractivity contribution in [2.24, 2.45) is 0 Å². The van der Waals surface area contributed by atoms with Gasteiger partial charge in [-0.05, 0) is 24.3 Å². The molecule has 24 heavy (non-hydrogen) atoms. The fourth-order valence-electron chi connectivity index (χ4n) is 2.05. The second kappa shape index (κ2) is 7.18. The van der Waals surface area contributed by atoms with Gasteiger partial charge in [-0.15, -0.1) is 5.10 Å². The molecule has 0 saturated carbocycles. The summed E-state index contributed by atoms with van der Waals surface area (Å²) >= 11 is 3.32. The molecule has 1 N–H and O–H groups in total. The third-order valence-corrected chi connectivity index (χ3v) is 3.70. The van der Waals surface area contributed by atoms with E-state index in [4.69, 9.17) is 0 Å². The van der Waals surface area contributed by atoms with E-state index in [9.17, 15) is 9.59 Å². The van der Waals surface area contributed by atoms with E-state index in [0.29, 0.717) is 11.4 Å². The summed E-state index contributed by atoms with van der Waals surface area (Å²) in [5.41, 5.74) is 0.289. The van der Waals surface area contributed by atoms with E-state index in [1.54, 1.807) is 24.3 Å². The fraction of sp³-hybridized carbons (Fsp3) is 0.133. The first-order valence-electron chi connectivity index (χ1n) is 7.10. The molecule has 0 saturated heterocycles. The highest BCUT2D eigenvalue weighted by Crippen LogP contribution is 2.11. The molecule has 1 amide bonds. The molecule has 0 atom stereocenters. The lowest BCUT2D eigenvalue weighted by atomic mass is 10.2. The molecule has 0 aliphatic rings. The van der Waals surface area contributed by atoms with E-state index in [-0.39, 0.29) is 24.6 Å². The predicted molar refractivity (Wildman–Crippen MR) is 89.9 cm³/mol. The Morgan fingerprint density at radius 2 is 2.12 bits per heavy atom. The van der Waals surface area contributed by atoms with Crippen LogP contribution in [0.25, 0.3) is 5.82 Å². The molecule has 0 bridgehead atoms. The summed E-state index contributed by atoms with van der Waals surface area (Å²) in [5.74, 6) is 0.266. The van der Waals surface area contributed by atoms with Crippen LogP contribution in [0, 0.1) is 0 Å². The summed E-state index contributed by atoms with van der Waals surface area (Å²) < 4.78 is 3.56. The van der Waals surface area contributed by atoms with Gasteiger partial charge in [0.1, 0.15) is 12.7 Å². The van der Waals surface area contributed by atoms with Crippen molar-refractivity contribution < 1.29 is 4.79 Å². The molecule has 0 unspecified atom stereocenters. The van der Waals surface area contributed by atoms with Crippen LogP contribution in [0.2, 0.25) is 0 Å². The van der Waals surface area contributed by atoms with Gasteiger partial charge >= 0.3 is 0 Å². The molecule has 122 valence electrons. The van der Waals surface area contributed by atoms with Crippen molar-refractivity contribution in [3.8, 4) is 5.82 Å². The molecule has 0 aliphatic heterocycles. The van der Waals surface area contributed by atoms with Crippen LogP contribution >= 0.6 is 15.9 Å². The molecular weight excluding hydrogens is 376 g/mol. The van der Waals surface area contributed by atoms with Crippen LogP contribution in [-0.4, -0.2) is 37.0 Å². The molecule has 2 heterocycles. The fourth-order valence-corrected chi connectivity index (χ4v) is 2.45. The van der Waals surface area contributed by atoms with E-state index in [1.807, 2.05) is 6.07 Å². The van der Waals surface area contributed by atoms with Crippen LogP contribution < -0.4 is 10.9 Å². The molecule has 2 aromatic heterocycles. The summed E-state index contributed by atoms with van der Waals surface area (Å²) in [6.45, 7) is 0.528. The number of carbonyl (C=O) groups is 1. The standard InChI is InChI=1S/C15H13BrN6O2/c16-12-3-1-2-11(8-12)15(24)18-6-7-21-14(23)5-4-13(20-21)22-10-17-9-19-22/h1-5,8-10H,6-7H2,(H,18,24). The normalized spacial score (nSPS) is 10.5. The number of hydrogen-bond acceptors (Lipinski definition) is 5. The van der Waals surface area contributed by atoms with Crippen LogP contribution in [0.3, 0.4) is 0 Å². The first-order chi connectivity index (χ1) is 11.6. The molecule has 9 heteroatoms. The van der Waals surface area contributed by atoms with E-state index in [2.05, 4.69) is 36.4 Å². The molecule has 8 nitrogen and oxygen atoms in total. The number of benzene rings is 1. The summed E-state index contributed by atoms with van der Waals surface area (Å²) in [4.78, 5) is 27.8. The maximum atomic E-state index is 12.1. The summed E-state index contributed by atoms with van der Waals surface area (Å²) in [5, 5.41) is 10.9. The Labute approximate surface area is 145 Å². The van der Waals surface area contributed by atoms with Gasteiger partial charge in [0.2, 0.25) is 0 Å². The Hall–Kier alpha value is -2.81. The lowest BCUT2D eigenvalue weighted by molar-refractivity contribution is 0.0951. The van der Waals surface area contributed by atoms with Gasteiger partial charge in [-0.25, -0.2) is 14.3 Å². The second-order valence-corrected chi connectivity index (χ2v) is 5.77. The molecule has 0 radical (unpaired) electrons. The molecule has 0 aliphatic carbocycles. The number of nitrogens with zero attached hydrogens (tertiary/aromatic N) is 5. The minimum atomic E-state index is -0.254. The monoisotopic (exact) mass is 388 g/mol. The Bertz CT molecular complexity index is 906. The van der Waals surface area contributed by atoms with E-state index >= 15 is 0 Å². The first kappa shape index (κ1) is 16.1. The maximum absolute atomic E-state index is 12.1. The topological polar surface area (TPSA) is 94.7 Å². The molecule has 3 aromatic rings. The van der Waals surface area contributed by atoms with Crippen molar-refractivity contribution in [3.05, 3.63) is 69.4 Å². The average molecular weight is 389 g/mol. The maximum Gasteiger partial charge on any atom is 0.266 e. The first-order valence-corrected chi connectivity index (χ1v) is 7.90. The molecule has 0 spiro atoms. The van der Waals surface area contributed by atoms with Crippen molar-refractivity contribution in [2.75, 3.05) is 6.54 Å². The zero-order valence-electron chi connectivity index (χ0n) is 12.5. The van der Waals surface area contributed by atoms with E-state index in [1.165, 1.54) is 28.1 Å². The number of nitrogens with one attached hydrogen (secondary N) is 1. The van der Waals surface area contributed by atoms with Crippen molar-refractivity contribution >= 4 is 21.8 Å². The highest BCUT2D eigenvalue weighted by molar-refractivity contribution is 9.10. The lowest BCUT2D eigenvalue weighted by Gasteiger charge is -2.08. The second-order valence-electron chi connectivity index (χ2n) is 4.86. The van der Waals surface area contributed by atoms with Gasteiger partial charge in [0.05, 0.1) is 6.54 Å². The number of amides is 1. The van der Waals surface area contributed by atoms with Crippen LogP contribution in [0.15, 0.2) is 58.3 Å². The SMILES string of the molecule is O=C(NCCn1nc(-n2cncn2)ccc1=O)c1cccc(Br)c1. The summed E-state index contributed by atoms with van der Waals surface area (Å²) in [7, 11) is 0. The zero-order valence-corrected chi connectivity index (χ0v) is 14.0. The number of carbonyl (C=O) groups excluding carboxylic acids is 1. The molecule has 0 fully saturated rings. The van der Waals surface area contributed by atoms with Gasteiger partial charge in [-0.3, -0.25) is 9.59 Å². The highest BCUT2D eigenvalue weighted by Gasteiger charge is 2.07. The summed E-state index contributed by atoms with van der Waals surface area (Å²) in [6.07, 6.45) is 2.88. The quantitative estimate of drug-likeness (QED) is 0.703. The van der Waals surface area contributed by atoms with Crippen LogP contribution in [0.1, 0.15) is 10.4 Å². The molecular formula is C15H13BrN6O2. The van der Waals surface area contributed by atoms with Gasteiger partial charge < -0.3 is 5.32 Å². The predicted octanol–water partition coefficient (Wildman–Crippen LogP) is 1.02. The summed E-state index contributed by atoms with van der Waals surface area (Å²) in [6, 6.07) is 10.0. The van der Waals surface area contributed by atoms with Gasteiger partial charge in [0.25, 0.3) is 11.5 Å². The van der Waals surface area contributed by atoms with Crippen LogP contribution in [0.4, 0.5) is 0 Å². The minimum Gasteiger partial charge on any atom is -0.350 e. The Kier molecular flexibility index (Phi) is 4.80. The zero-order chi connectivity index (χ0) is 16.9. The van der Waals surface area contributed by atoms with E-state index < -0.39 is 0 Å². The number of halogens is 1. The van der Waals surface area contributed by atoms with Gasteiger partial charge in [-0.2, -0.15) is 5.10 Å². The average Bonchev–Trinajstić information content (AvgIpc) is 3.11. The van der Waals surface area contributed by atoms with Crippen LogP contribution in [-0.2, 0) is 6.54 Å². The smallest absolute Gasteiger partial charge is 0.266 e. The van der Waals surface area contributed by atoms with Gasteiger partial charge in [0, 0.05) is 22.6 Å². The Balaban J connectivity index is 1.65. The van der Waals surface area contributed by atoms with Gasteiger partial charge in [0.15, 0.2) is 5.82 Å². The van der Waals surface area contributed by atoms with Crippen LogP contribution in [0.5, 0.6) is 0 Å². The molecule has 1 aromatic carbocycles. The lowest BCUT2D eigenvalue weighted by Crippen LogP contribution is -2.32. The van der Waals surface area contributed by atoms with Gasteiger partial charge in [-0.1, -0.05) is 22.0 Å². The van der Waals surface area contributed by atoms with Crippen molar-refractivity contribution in [2.45, 2.75) is 6.54 Å². The molecule has 3 rings (SSSR count). The number of rotatable bonds is 5. The highest BCUT2D eigenvalue weighted by atomic mass is 79.9. The van der Waals surface area contributed by atoms with Crippen molar-refractivity contribution in [1.29, 1.82) is 0 Å². The third-order valence-electron chi connectivity index (χ3n) is 3.20. The van der Waals surface area contributed by atoms with E-state index in [0.717, 1.165) is 4.47 Å². The number of hydrogen-bond donors (Lipinski definition) is 1. The Morgan fingerprint density at radius 3 is 2.88 bits per heavy atom. The Morgan fingerprint density at radius 1 is 1.25 bits per heavy atom. The number of aromatic nitrogens is 5. The minimum absolute atomic E-state index is 0.211. The largest absolute Gasteiger partial charge is 0.350 e.